The predicted octanol–water partition coefficient (Wildman–Crippen LogP) is 2.54. The lowest BCUT2D eigenvalue weighted by Gasteiger charge is -2.18. The molecule has 21 heavy (non-hydrogen) atoms. The zero-order chi connectivity index (χ0) is 15.0. The minimum atomic E-state index is -0.643. The van der Waals surface area contributed by atoms with E-state index in [0.717, 1.165) is 5.56 Å². The van der Waals surface area contributed by atoms with Crippen LogP contribution in [0.3, 0.4) is 0 Å². The number of carbonyl (C=O) groups excluding carboxylic acids is 1. The number of benzene rings is 1. The van der Waals surface area contributed by atoms with Crippen LogP contribution in [0.1, 0.15) is 29.8 Å². The summed E-state index contributed by atoms with van der Waals surface area (Å²) in [4.78, 5) is 11.9. The molecule has 1 aromatic carbocycles. The molecule has 0 aromatic heterocycles. The smallest absolute Gasteiger partial charge is 0.338 e. The highest BCUT2D eigenvalue weighted by Crippen LogP contribution is 2.35. The second kappa shape index (κ2) is 5.16. The summed E-state index contributed by atoms with van der Waals surface area (Å²) in [6, 6.07) is 7.22. The van der Waals surface area contributed by atoms with E-state index in [2.05, 4.69) is 0 Å². The van der Waals surface area contributed by atoms with Gasteiger partial charge in [-0.2, -0.15) is 0 Å². The van der Waals surface area contributed by atoms with Gasteiger partial charge in [-0.15, -0.1) is 0 Å². The topological polar surface area (TPSA) is 54.0 Å². The second-order valence-corrected chi connectivity index (χ2v) is 5.66. The summed E-state index contributed by atoms with van der Waals surface area (Å²) in [6.45, 7) is 5.71. The van der Waals surface area contributed by atoms with Crippen LogP contribution in [0.15, 0.2) is 36.1 Å². The Labute approximate surface area is 123 Å². The van der Waals surface area contributed by atoms with Crippen molar-refractivity contribution in [2.45, 2.75) is 39.0 Å². The van der Waals surface area contributed by atoms with E-state index in [9.17, 15) is 4.79 Å². The molecule has 112 valence electrons. The van der Waals surface area contributed by atoms with Crippen LogP contribution >= 0.6 is 0 Å². The van der Waals surface area contributed by atoms with Gasteiger partial charge in [0.25, 0.3) is 0 Å². The van der Waals surface area contributed by atoms with Gasteiger partial charge in [-0.1, -0.05) is 17.7 Å². The maximum atomic E-state index is 11.9. The van der Waals surface area contributed by atoms with Crippen molar-refractivity contribution in [3.63, 3.8) is 0 Å². The molecule has 0 N–H and O–H groups in total. The fourth-order valence-corrected chi connectivity index (χ4v) is 2.33. The predicted molar refractivity (Wildman–Crippen MR) is 74.5 cm³/mol. The molecule has 1 saturated heterocycles. The number of hydrogen-bond donors (Lipinski definition) is 0. The van der Waals surface area contributed by atoms with Gasteiger partial charge in [0.1, 0.15) is 18.5 Å². The third-order valence-electron chi connectivity index (χ3n) is 3.34. The van der Waals surface area contributed by atoms with Crippen LogP contribution in [0, 0.1) is 6.92 Å². The summed E-state index contributed by atoms with van der Waals surface area (Å²) in [5.74, 6) is -0.463. The summed E-state index contributed by atoms with van der Waals surface area (Å²) in [7, 11) is 0. The number of ether oxygens (including phenoxy) is 4. The van der Waals surface area contributed by atoms with Crippen LogP contribution in [0.4, 0.5) is 0 Å². The van der Waals surface area contributed by atoms with Gasteiger partial charge in [0, 0.05) is 0 Å². The first-order chi connectivity index (χ1) is 9.93. The number of carbonyl (C=O) groups is 1. The Morgan fingerprint density at radius 3 is 2.62 bits per heavy atom. The molecule has 5 heteroatoms. The molecule has 5 nitrogen and oxygen atoms in total. The number of rotatable bonds is 3. The molecule has 2 aliphatic rings. The quantitative estimate of drug-likeness (QED) is 0.801. The van der Waals surface area contributed by atoms with Crippen LogP contribution in [0.5, 0.6) is 0 Å². The third kappa shape index (κ3) is 3.09. The molecule has 0 radical (unpaired) electrons. The Kier molecular flexibility index (Phi) is 3.47. The lowest BCUT2D eigenvalue weighted by Crippen LogP contribution is -2.22. The van der Waals surface area contributed by atoms with Crippen LogP contribution < -0.4 is 0 Å². The van der Waals surface area contributed by atoms with Crippen LogP contribution in [0.2, 0.25) is 0 Å². The Hall–Kier alpha value is -1.85. The normalized spacial score (nSPS) is 26.0. The van der Waals surface area contributed by atoms with Gasteiger partial charge in [-0.3, -0.25) is 0 Å². The molecule has 0 amide bonds. The summed E-state index contributed by atoms with van der Waals surface area (Å²) < 4.78 is 22.0. The van der Waals surface area contributed by atoms with Gasteiger partial charge in [0.15, 0.2) is 5.79 Å². The summed E-state index contributed by atoms with van der Waals surface area (Å²) in [6.07, 6.45) is 1.10. The Morgan fingerprint density at radius 2 is 1.95 bits per heavy atom. The van der Waals surface area contributed by atoms with E-state index in [-0.39, 0.29) is 18.7 Å². The number of aryl methyl sites for hydroxylation is 1. The molecular formula is C16H18O5. The maximum absolute atomic E-state index is 11.9. The molecule has 1 fully saturated rings. The van der Waals surface area contributed by atoms with E-state index in [0.29, 0.717) is 11.3 Å². The number of hydrogen-bond acceptors (Lipinski definition) is 5. The van der Waals surface area contributed by atoms with Crippen molar-refractivity contribution < 1.29 is 23.7 Å². The Balaban J connectivity index is 1.55. The van der Waals surface area contributed by atoms with Crippen LogP contribution in [-0.4, -0.2) is 30.8 Å². The van der Waals surface area contributed by atoms with Gasteiger partial charge < -0.3 is 18.9 Å². The van der Waals surface area contributed by atoms with E-state index in [4.69, 9.17) is 18.9 Å². The van der Waals surface area contributed by atoms with E-state index >= 15 is 0 Å². The number of esters is 1. The SMILES string of the molecule is Cc1ccc(C(=O)OCC2=CC3OC(C)(C)OC3O2)cc1. The minimum absolute atomic E-state index is 0.0762. The monoisotopic (exact) mass is 290 g/mol. The fraction of sp³-hybridized carbons (Fsp3) is 0.438. The Morgan fingerprint density at radius 1 is 1.24 bits per heavy atom. The molecule has 1 aromatic rings. The molecule has 2 aliphatic heterocycles. The molecule has 3 rings (SSSR count). The van der Waals surface area contributed by atoms with Crippen molar-refractivity contribution in [3.05, 3.63) is 47.2 Å². The Bertz CT molecular complexity index is 573. The number of fused-ring (bicyclic) bond motifs is 1. The summed E-state index contributed by atoms with van der Waals surface area (Å²) in [5, 5.41) is 0. The van der Waals surface area contributed by atoms with Gasteiger partial charge in [0.2, 0.25) is 6.29 Å². The molecule has 0 spiro atoms. The standard InChI is InChI=1S/C16H18O5/c1-10-4-6-11(7-5-10)14(17)18-9-12-8-13-15(19-12)21-16(2,3)20-13/h4-8,13,15H,9H2,1-3H3. The fourth-order valence-electron chi connectivity index (χ4n) is 2.33. The summed E-state index contributed by atoms with van der Waals surface area (Å²) >= 11 is 0. The lowest BCUT2D eigenvalue weighted by atomic mass is 10.1. The van der Waals surface area contributed by atoms with E-state index in [1.54, 1.807) is 18.2 Å². The first kappa shape index (κ1) is 14.1. The van der Waals surface area contributed by atoms with Crippen molar-refractivity contribution in [2.75, 3.05) is 6.61 Å². The largest absolute Gasteiger partial charge is 0.463 e. The van der Waals surface area contributed by atoms with Crippen molar-refractivity contribution in [1.29, 1.82) is 0 Å². The highest BCUT2D eigenvalue weighted by molar-refractivity contribution is 5.89. The average molecular weight is 290 g/mol. The van der Waals surface area contributed by atoms with Crippen LogP contribution in [0.25, 0.3) is 0 Å². The van der Waals surface area contributed by atoms with Crippen LogP contribution in [-0.2, 0) is 18.9 Å². The van der Waals surface area contributed by atoms with E-state index in [1.807, 2.05) is 32.9 Å². The highest BCUT2D eigenvalue weighted by atomic mass is 16.8. The van der Waals surface area contributed by atoms with Crippen molar-refractivity contribution in [1.82, 2.24) is 0 Å². The van der Waals surface area contributed by atoms with Crippen molar-refractivity contribution in [2.24, 2.45) is 0 Å². The molecule has 2 unspecified atom stereocenters. The zero-order valence-electron chi connectivity index (χ0n) is 12.3. The molecule has 0 bridgehead atoms. The van der Waals surface area contributed by atoms with Crippen molar-refractivity contribution >= 4 is 5.97 Å². The maximum Gasteiger partial charge on any atom is 0.338 e. The lowest BCUT2D eigenvalue weighted by molar-refractivity contribution is -0.182. The summed E-state index contributed by atoms with van der Waals surface area (Å²) in [5.41, 5.74) is 1.62. The molecule has 2 heterocycles. The average Bonchev–Trinajstić information content (AvgIpc) is 2.89. The van der Waals surface area contributed by atoms with Gasteiger partial charge >= 0.3 is 5.97 Å². The molecule has 2 atom stereocenters. The van der Waals surface area contributed by atoms with E-state index < -0.39 is 12.1 Å². The first-order valence-corrected chi connectivity index (χ1v) is 6.90. The second-order valence-electron chi connectivity index (χ2n) is 5.66. The molecule has 0 saturated carbocycles. The van der Waals surface area contributed by atoms with Gasteiger partial charge in [0.05, 0.1) is 5.56 Å². The van der Waals surface area contributed by atoms with Gasteiger partial charge in [-0.25, -0.2) is 4.79 Å². The van der Waals surface area contributed by atoms with E-state index in [1.165, 1.54) is 0 Å². The third-order valence-corrected chi connectivity index (χ3v) is 3.34. The van der Waals surface area contributed by atoms with Gasteiger partial charge in [-0.05, 0) is 39.0 Å². The molecular weight excluding hydrogens is 272 g/mol. The minimum Gasteiger partial charge on any atom is -0.463 e. The first-order valence-electron chi connectivity index (χ1n) is 6.90. The van der Waals surface area contributed by atoms with Crippen molar-refractivity contribution in [3.8, 4) is 0 Å². The highest BCUT2D eigenvalue weighted by Gasteiger charge is 2.45. The molecule has 0 aliphatic carbocycles. The zero-order valence-corrected chi connectivity index (χ0v) is 12.3.